The number of benzene rings is 5. The molecule has 11 aliphatic rings. The summed E-state index contributed by atoms with van der Waals surface area (Å²) in [6, 6.07) is 21.7. The number of carbonyl (C=O) groups excluding carboxylic acids is 1. The molecule has 18 rings (SSSR count). The highest BCUT2D eigenvalue weighted by Gasteiger charge is 2.80. The standard InChI is InChI=1S/C59H42O2/c1-2-3-4-5-6-10-24-61-37(60)14-11-23-58(26-12-8-7-9-13-26)36-25-35-33-21-19-32-30-18-17-28-27-15-16-29-31-20-22-34-38(36)56-54-45(34)43(31)48-40(29)39(27)47-41(28)42(30)49-44(32)46(33)57(59(35,56)58)55-52(49)50(47)51(48)53(54)55/h7-9,12-13,15-18,20-21,25,31,33,43-46,56H,2-6,10-11,14,23-24H2,1H3. The molecule has 9 atom stereocenters. The van der Waals surface area contributed by atoms with Crippen LogP contribution in [0.15, 0.2) is 107 Å². The van der Waals surface area contributed by atoms with Crippen molar-refractivity contribution in [3.05, 3.63) is 145 Å². The number of esters is 1. The minimum atomic E-state index is -0.271. The highest BCUT2D eigenvalue weighted by Crippen LogP contribution is 2.87. The van der Waals surface area contributed by atoms with Crippen molar-refractivity contribution in [2.24, 2.45) is 29.1 Å². The first-order chi connectivity index (χ1) is 30.2. The molecule has 0 radical (unpaired) electrons. The van der Waals surface area contributed by atoms with Crippen LogP contribution in [0, 0.1) is 29.1 Å². The van der Waals surface area contributed by atoms with Gasteiger partial charge in [0.2, 0.25) is 0 Å². The van der Waals surface area contributed by atoms with E-state index in [0.717, 1.165) is 25.7 Å². The van der Waals surface area contributed by atoms with Crippen LogP contribution in [0.5, 0.6) is 0 Å². The minimum Gasteiger partial charge on any atom is -0.466 e. The fourth-order valence-electron chi connectivity index (χ4n) is 18.3. The van der Waals surface area contributed by atoms with Gasteiger partial charge in [-0.25, -0.2) is 0 Å². The number of carbonyl (C=O) groups is 1. The summed E-state index contributed by atoms with van der Waals surface area (Å²) in [5.41, 5.74) is 27.0. The lowest BCUT2D eigenvalue weighted by Crippen LogP contribution is -2.53. The summed E-state index contributed by atoms with van der Waals surface area (Å²) in [5.74, 6) is 2.52. The number of rotatable bonds is 12. The maximum absolute atomic E-state index is 13.6. The fourth-order valence-corrected chi connectivity index (χ4v) is 18.3. The van der Waals surface area contributed by atoms with Gasteiger partial charge in [-0.1, -0.05) is 99.7 Å². The molecule has 0 saturated heterocycles. The summed E-state index contributed by atoms with van der Waals surface area (Å²) in [5, 5.41) is 19.0. The Hall–Kier alpha value is -5.65. The predicted molar refractivity (Wildman–Crippen MR) is 243 cm³/mol. The smallest absolute Gasteiger partial charge is 0.305 e. The predicted octanol–water partition coefficient (Wildman–Crippen LogP) is 11.8. The molecule has 9 unspecified atom stereocenters. The summed E-state index contributed by atoms with van der Waals surface area (Å²) in [4.78, 5) is 13.6. The van der Waals surface area contributed by atoms with Gasteiger partial charge in [0.05, 0.1) is 6.61 Å². The molecule has 7 aromatic rings. The van der Waals surface area contributed by atoms with Gasteiger partial charge in [0.25, 0.3) is 0 Å². The quantitative estimate of drug-likeness (QED) is 0.0534. The first-order valence-electron chi connectivity index (χ1n) is 23.9. The molecule has 0 aliphatic heterocycles. The monoisotopic (exact) mass is 782 g/mol. The van der Waals surface area contributed by atoms with E-state index in [1.54, 1.807) is 98.1 Å². The van der Waals surface area contributed by atoms with Crippen molar-refractivity contribution in [3.8, 4) is 0 Å². The summed E-state index contributed by atoms with van der Waals surface area (Å²) < 4.78 is 5.98. The third-order valence-electron chi connectivity index (χ3n) is 19.5. The Bertz CT molecular complexity index is 3780. The molecule has 2 nitrogen and oxygen atoms in total. The molecule has 2 bridgehead atoms. The van der Waals surface area contributed by atoms with Crippen molar-refractivity contribution >= 4 is 76.6 Å². The van der Waals surface area contributed by atoms with Crippen LogP contribution in [0.3, 0.4) is 0 Å². The Morgan fingerprint density at radius 1 is 0.705 bits per heavy atom. The van der Waals surface area contributed by atoms with Gasteiger partial charge >= 0.3 is 5.97 Å². The van der Waals surface area contributed by atoms with E-state index >= 15 is 0 Å². The van der Waals surface area contributed by atoms with Crippen molar-refractivity contribution < 1.29 is 9.53 Å². The van der Waals surface area contributed by atoms with E-state index in [2.05, 4.69) is 91.2 Å². The molecule has 0 amide bonds. The van der Waals surface area contributed by atoms with Crippen LogP contribution >= 0.6 is 0 Å². The minimum absolute atomic E-state index is 0.0186. The second-order valence-electron chi connectivity index (χ2n) is 21.1. The SMILES string of the molecule is CCCCCCCCOC(=O)CCCC1(c2ccccc2)C2=C3C4=C=CC5c6ccc7c8ccc9c%10c%11c%12c%13c%14c%15c(c6c7c(c%12%15)c%108)C5C4C=%14C3C13C(=C2)C1C=C=C9C%11C1C=%133. The molecule has 290 valence electrons. The molecule has 0 N–H and O–H groups in total. The Kier molecular flexibility index (Phi) is 4.88. The second kappa shape index (κ2) is 9.54. The van der Waals surface area contributed by atoms with Crippen LogP contribution in [0.4, 0.5) is 0 Å². The van der Waals surface area contributed by atoms with Crippen LogP contribution in [0.2, 0.25) is 0 Å². The normalized spacial score (nSPS) is 32.5. The summed E-state index contributed by atoms with van der Waals surface area (Å²) >= 11 is 0. The van der Waals surface area contributed by atoms with E-state index < -0.39 is 0 Å². The van der Waals surface area contributed by atoms with E-state index in [1.165, 1.54) is 58.7 Å². The summed E-state index contributed by atoms with van der Waals surface area (Å²) in [7, 11) is 0. The maximum Gasteiger partial charge on any atom is 0.305 e. The van der Waals surface area contributed by atoms with E-state index in [-0.39, 0.29) is 16.8 Å². The van der Waals surface area contributed by atoms with Crippen molar-refractivity contribution in [1.29, 1.82) is 0 Å². The highest BCUT2D eigenvalue weighted by molar-refractivity contribution is 6.47. The molecule has 1 spiro atoms. The number of fused-ring (bicyclic) bond motifs is 6. The number of ether oxygens (including phenoxy) is 1. The number of hydrogen-bond donors (Lipinski definition) is 0. The Labute approximate surface area is 353 Å². The highest BCUT2D eigenvalue weighted by atomic mass is 16.5. The zero-order valence-corrected chi connectivity index (χ0v) is 34.4. The zero-order valence-electron chi connectivity index (χ0n) is 34.4. The van der Waals surface area contributed by atoms with Crippen LogP contribution in [0.1, 0.15) is 110 Å². The van der Waals surface area contributed by atoms with Gasteiger partial charge in [-0.2, -0.15) is 0 Å². The molecule has 0 heterocycles. The molecule has 7 aromatic carbocycles. The fraction of sp³-hybridized carbons (Fsp3) is 0.339. The van der Waals surface area contributed by atoms with Gasteiger partial charge in [0.15, 0.2) is 0 Å². The molecule has 0 aromatic heterocycles. The third kappa shape index (κ3) is 2.74. The Balaban J connectivity index is 0.958. The van der Waals surface area contributed by atoms with Gasteiger partial charge in [-0.3, -0.25) is 4.79 Å². The topological polar surface area (TPSA) is 26.3 Å². The van der Waals surface area contributed by atoms with Gasteiger partial charge < -0.3 is 4.74 Å². The molecule has 2 saturated carbocycles. The number of unbranched alkanes of at least 4 members (excludes halogenated alkanes) is 5. The summed E-state index contributed by atoms with van der Waals surface area (Å²) in [6.07, 6.45) is 17.3. The van der Waals surface area contributed by atoms with Gasteiger partial charge in [-0.15, -0.1) is 11.5 Å². The average Bonchev–Trinajstić information content (AvgIpc) is 4.16. The van der Waals surface area contributed by atoms with Crippen molar-refractivity contribution in [2.45, 2.75) is 87.9 Å². The van der Waals surface area contributed by atoms with Crippen LogP contribution in [-0.2, 0) is 14.9 Å². The molecule has 2 fully saturated rings. The first-order valence-corrected chi connectivity index (χ1v) is 23.9. The lowest BCUT2D eigenvalue weighted by molar-refractivity contribution is -0.144. The van der Waals surface area contributed by atoms with Crippen molar-refractivity contribution in [2.75, 3.05) is 6.61 Å². The maximum atomic E-state index is 13.6. The Morgan fingerprint density at radius 3 is 2.39 bits per heavy atom. The lowest BCUT2D eigenvalue weighted by atomic mass is 9.49. The lowest BCUT2D eigenvalue weighted by Gasteiger charge is -2.51. The van der Waals surface area contributed by atoms with Crippen molar-refractivity contribution in [3.63, 3.8) is 0 Å². The average molecular weight is 783 g/mol. The van der Waals surface area contributed by atoms with Crippen LogP contribution < -0.4 is 10.4 Å². The second-order valence-corrected chi connectivity index (χ2v) is 21.1. The largest absolute Gasteiger partial charge is 0.466 e. The Morgan fingerprint density at radius 2 is 1.49 bits per heavy atom. The summed E-state index contributed by atoms with van der Waals surface area (Å²) in [6.45, 7) is 2.81. The van der Waals surface area contributed by atoms with Gasteiger partial charge in [-0.05, 0) is 151 Å². The number of allylic oxidation sites excluding steroid dienone is 6. The molecule has 11 aliphatic carbocycles. The zero-order chi connectivity index (χ0) is 39.2. The van der Waals surface area contributed by atoms with Crippen LogP contribution in [0.25, 0.3) is 70.6 Å². The van der Waals surface area contributed by atoms with E-state index in [9.17, 15) is 4.79 Å². The van der Waals surface area contributed by atoms with E-state index in [1.807, 2.05) is 0 Å². The van der Waals surface area contributed by atoms with Crippen molar-refractivity contribution in [1.82, 2.24) is 0 Å². The first kappa shape index (κ1) is 31.2. The van der Waals surface area contributed by atoms with Gasteiger partial charge in [0.1, 0.15) is 0 Å². The van der Waals surface area contributed by atoms with Gasteiger partial charge in [0, 0.05) is 69.8 Å². The van der Waals surface area contributed by atoms with E-state index in [4.69, 9.17) is 4.74 Å². The van der Waals surface area contributed by atoms with Crippen LogP contribution in [-0.4, -0.2) is 12.6 Å². The molecule has 61 heavy (non-hydrogen) atoms. The molecular weight excluding hydrogens is 741 g/mol. The molecular formula is C59H42O2. The third-order valence-corrected chi connectivity index (χ3v) is 19.5. The number of hydrogen-bond acceptors (Lipinski definition) is 2. The molecule has 2 heteroatoms. The van der Waals surface area contributed by atoms with E-state index in [0.29, 0.717) is 54.5 Å².